The standard InChI is InChI=1S/C16H28F3N3O4/c1-10(21(9)11(20-8)16(17,18)19)22(12(23)25-14(2,3)4)13(24)26-15(5,6)7/h10H,1-9H3/b20-11-. The van der Waals surface area contributed by atoms with Gasteiger partial charge < -0.3 is 14.4 Å². The number of carbonyl (C=O) groups excluding carboxylic acids is 2. The van der Waals surface area contributed by atoms with Gasteiger partial charge in [-0.2, -0.15) is 18.1 Å². The van der Waals surface area contributed by atoms with Crippen molar-refractivity contribution in [1.29, 1.82) is 0 Å². The second-order valence-corrected chi connectivity index (χ2v) is 7.62. The van der Waals surface area contributed by atoms with E-state index in [1.54, 1.807) is 41.5 Å². The first-order valence-electron chi connectivity index (χ1n) is 7.92. The Bertz CT molecular complexity index is 520. The molecule has 0 aromatic carbocycles. The van der Waals surface area contributed by atoms with Crippen LogP contribution in [0.1, 0.15) is 48.5 Å². The summed E-state index contributed by atoms with van der Waals surface area (Å²) in [6.45, 7) is 10.7. The molecule has 0 fully saturated rings. The van der Waals surface area contributed by atoms with E-state index >= 15 is 0 Å². The van der Waals surface area contributed by atoms with E-state index in [0.717, 1.165) is 14.1 Å². The number of imide groups is 1. The highest BCUT2D eigenvalue weighted by atomic mass is 19.4. The lowest BCUT2D eigenvalue weighted by molar-refractivity contribution is -0.0744. The molecule has 0 aromatic rings. The first kappa shape index (κ1) is 24.0. The highest BCUT2D eigenvalue weighted by Gasteiger charge is 2.44. The summed E-state index contributed by atoms with van der Waals surface area (Å²) in [5.74, 6) is -1.25. The molecule has 0 bridgehead atoms. The minimum atomic E-state index is -4.76. The Balaban J connectivity index is 5.84. The molecule has 26 heavy (non-hydrogen) atoms. The largest absolute Gasteiger partial charge is 0.449 e. The molecular formula is C16H28F3N3O4. The van der Waals surface area contributed by atoms with Crippen LogP contribution in [0.3, 0.4) is 0 Å². The highest BCUT2D eigenvalue weighted by Crippen LogP contribution is 2.23. The zero-order chi connectivity index (χ0) is 21.1. The van der Waals surface area contributed by atoms with Crippen molar-refractivity contribution in [1.82, 2.24) is 9.80 Å². The summed E-state index contributed by atoms with van der Waals surface area (Å²) in [5, 5.41) is 0. The maximum atomic E-state index is 13.1. The van der Waals surface area contributed by atoms with E-state index in [1.165, 1.54) is 6.92 Å². The number of halogens is 3. The Morgan fingerprint density at radius 3 is 1.50 bits per heavy atom. The van der Waals surface area contributed by atoms with Crippen LogP contribution >= 0.6 is 0 Å². The van der Waals surface area contributed by atoms with Crippen LogP contribution in [-0.2, 0) is 9.47 Å². The maximum absolute atomic E-state index is 13.1. The number of amides is 2. The number of alkyl halides is 3. The SMILES string of the molecule is C/N=C(\N(C)C(C)N(C(=O)OC(C)(C)C)C(=O)OC(C)(C)C)C(F)(F)F. The van der Waals surface area contributed by atoms with Gasteiger partial charge in [-0.25, -0.2) is 9.59 Å². The fraction of sp³-hybridized carbons (Fsp3) is 0.812. The summed E-state index contributed by atoms with van der Waals surface area (Å²) in [6.07, 6.45) is -8.36. The summed E-state index contributed by atoms with van der Waals surface area (Å²) in [7, 11) is 2.04. The minimum absolute atomic E-state index is 0.493. The first-order chi connectivity index (χ1) is 11.4. The molecule has 0 N–H and O–H groups in total. The Hall–Kier alpha value is -2.00. The molecule has 0 saturated carbocycles. The number of hydrogen-bond donors (Lipinski definition) is 0. The zero-order valence-electron chi connectivity index (χ0n) is 16.7. The minimum Gasteiger partial charge on any atom is -0.443 e. The monoisotopic (exact) mass is 383 g/mol. The van der Waals surface area contributed by atoms with Crippen molar-refractivity contribution in [3.8, 4) is 0 Å². The topological polar surface area (TPSA) is 71.4 Å². The van der Waals surface area contributed by atoms with Gasteiger partial charge in [0.15, 0.2) is 0 Å². The molecule has 0 aliphatic heterocycles. The molecule has 0 spiro atoms. The number of carbonyl (C=O) groups is 2. The maximum Gasteiger partial charge on any atom is 0.449 e. The van der Waals surface area contributed by atoms with Crippen molar-refractivity contribution in [2.45, 2.75) is 72.0 Å². The molecule has 10 heteroatoms. The Morgan fingerprint density at radius 1 is 0.923 bits per heavy atom. The van der Waals surface area contributed by atoms with Gasteiger partial charge >= 0.3 is 18.4 Å². The fourth-order valence-corrected chi connectivity index (χ4v) is 1.84. The lowest BCUT2D eigenvalue weighted by atomic mass is 10.2. The number of rotatable bonds is 2. The van der Waals surface area contributed by atoms with Crippen LogP contribution in [0.15, 0.2) is 4.99 Å². The lowest BCUT2D eigenvalue weighted by Crippen LogP contribution is -2.56. The normalized spacial score (nSPS) is 14.5. The van der Waals surface area contributed by atoms with Gasteiger partial charge in [0.2, 0.25) is 5.84 Å². The van der Waals surface area contributed by atoms with Gasteiger partial charge in [-0.3, -0.25) is 4.99 Å². The highest BCUT2D eigenvalue weighted by molar-refractivity contribution is 5.91. The van der Waals surface area contributed by atoms with Crippen LogP contribution in [0.4, 0.5) is 22.8 Å². The van der Waals surface area contributed by atoms with Gasteiger partial charge in [0.05, 0.1) is 0 Å². The van der Waals surface area contributed by atoms with E-state index < -0.39 is 41.6 Å². The van der Waals surface area contributed by atoms with Crippen molar-refractivity contribution < 1.29 is 32.2 Å². The molecule has 1 unspecified atom stereocenters. The van der Waals surface area contributed by atoms with Crippen LogP contribution < -0.4 is 0 Å². The summed E-state index contributed by atoms with van der Waals surface area (Å²) in [4.78, 5) is 29.3. The smallest absolute Gasteiger partial charge is 0.443 e. The molecule has 0 aromatic heterocycles. The average molecular weight is 383 g/mol. The lowest BCUT2D eigenvalue weighted by Gasteiger charge is -2.37. The van der Waals surface area contributed by atoms with E-state index in [-0.39, 0.29) is 0 Å². The van der Waals surface area contributed by atoms with Crippen LogP contribution in [0.2, 0.25) is 0 Å². The van der Waals surface area contributed by atoms with Crippen LogP contribution in [0.5, 0.6) is 0 Å². The second-order valence-electron chi connectivity index (χ2n) is 7.62. The molecule has 2 amide bonds. The first-order valence-corrected chi connectivity index (χ1v) is 7.92. The fourth-order valence-electron chi connectivity index (χ4n) is 1.84. The zero-order valence-corrected chi connectivity index (χ0v) is 16.7. The predicted octanol–water partition coefficient (Wildman–Crippen LogP) is 4.03. The second kappa shape index (κ2) is 8.13. The number of hydrogen-bond acceptors (Lipinski definition) is 5. The Morgan fingerprint density at radius 2 is 1.27 bits per heavy atom. The number of amidine groups is 1. The van der Waals surface area contributed by atoms with E-state index in [4.69, 9.17) is 9.47 Å². The molecule has 0 heterocycles. The van der Waals surface area contributed by atoms with Crippen LogP contribution in [0.25, 0.3) is 0 Å². The van der Waals surface area contributed by atoms with Gasteiger partial charge in [-0.05, 0) is 48.5 Å². The number of ether oxygens (including phenoxy) is 2. The third-order valence-electron chi connectivity index (χ3n) is 2.91. The van der Waals surface area contributed by atoms with Gasteiger partial charge in [-0.1, -0.05) is 0 Å². The average Bonchev–Trinajstić information content (AvgIpc) is 2.32. The molecule has 0 rings (SSSR count). The summed E-state index contributed by atoms with van der Waals surface area (Å²) >= 11 is 0. The third kappa shape index (κ3) is 7.49. The molecular weight excluding hydrogens is 355 g/mol. The molecule has 1 atom stereocenters. The van der Waals surface area contributed by atoms with E-state index in [2.05, 4.69) is 4.99 Å². The van der Waals surface area contributed by atoms with Crippen LogP contribution in [0, 0.1) is 0 Å². The van der Waals surface area contributed by atoms with Gasteiger partial charge in [0.25, 0.3) is 0 Å². The molecule has 152 valence electrons. The van der Waals surface area contributed by atoms with Crippen LogP contribution in [-0.4, -0.2) is 65.5 Å². The summed E-state index contributed by atoms with van der Waals surface area (Å²) in [5.41, 5.74) is -1.91. The molecule has 7 nitrogen and oxygen atoms in total. The predicted molar refractivity (Wildman–Crippen MR) is 90.9 cm³/mol. The number of aliphatic imine (C=N–C) groups is 1. The Labute approximate surface area is 152 Å². The van der Waals surface area contributed by atoms with E-state index in [1.807, 2.05) is 0 Å². The van der Waals surface area contributed by atoms with Gasteiger partial charge in [-0.15, -0.1) is 0 Å². The quantitative estimate of drug-likeness (QED) is 0.409. The van der Waals surface area contributed by atoms with Crippen molar-refractivity contribution in [3.05, 3.63) is 0 Å². The van der Waals surface area contributed by atoms with Crippen molar-refractivity contribution in [3.63, 3.8) is 0 Å². The van der Waals surface area contributed by atoms with E-state index in [0.29, 0.717) is 9.80 Å². The molecule has 0 aliphatic carbocycles. The summed E-state index contributed by atoms with van der Waals surface area (Å²) < 4.78 is 49.6. The molecule has 0 aliphatic rings. The van der Waals surface area contributed by atoms with Gasteiger partial charge in [0, 0.05) is 14.1 Å². The summed E-state index contributed by atoms with van der Waals surface area (Å²) in [6, 6.07) is 0. The Kier molecular flexibility index (Phi) is 7.51. The van der Waals surface area contributed by atoms with E-state index in [9.17, 15) is 22.8 Å². The molecule has 0 saturated heterocycles. The van der Waals surface area contributed by atoms with Crippen molar-refractivity contribution >= 4 is 18.0 Å². The van der Waals surface area contributed by atoms with Crippen molar-refractivity contribution in [2.24, 2.45) is 4.99 Å². The van der Waals surface area contributed by atoms with Crippen molar-refractivity contribution in [2.75, 3.05) is 14.1 Å². The third-order valence-corrected chi connectivity index (χ3v) is 2.91. The van der Waals surface area contributed by atoms with Gasteiger partial charge in [0.1, 0.15) is 17.4 Å². The number of nitrogens with zero attached hydrogens (tertiary/aromatic N) is 3. The molecule has 0 radical (unpaired) electrons.